The number of anilines is 2. The van der Waals surface area contributed by atoms with Gasteiger partial charge in [0.2, 0.25) is 0 Å². The summed E-state index contributed by atoms with van der Waals surface area (Å²) in [6, 6.07) is 8.80. The van der Waals surface area contributed by atoms with E-state index >= 15 is 0 Å². The number of rotatable bonds is 9. The molecule has 0 aliphatic carbocycles. The lowest BCUT2D eigenvalue weighted by Gasteiger charge is -2.25. The number of aromatic nitrogens is 1. The van der Waals surface area contributed by atoms with Crippen LogP contribution in [0.2, 0.25) is 0 Å². The third kappa shape index (κ3) is 7.37. The lowest BCUT2D eigenvalue weighted by atomic mass is 10.1. The highest BCUT2D eigenvalue weighted by molar-refractivity contribution is 5.91. The number of nitrogens with two attached hydrogens (primary N) is 1. The molecule has 0 radical (unpaired) electrons. The standard InChI is InChI=1S/C28H27F4N5O3/c1-4-20(39-24-13-14-35-26(34)22(24)17-33)6-5-15-36(2)27(38)37(3)19-9-12-25(23(16-19)28(30,31)32)40-21-10-7-18(29)8-11-21/h4-14,16-17,33H,15H2,1-3H3,(H2,34,35)/b6-5-,20-4+,33-17?. The Labute approximate surface area is 228 Å². The molecule has 2 amide bonds. The number of carbonyl (C=O) groups excluding carboxylic acids is 1. The van der Waals surface area contributed by atoms with Gasteiger partial charge in [-0.25, -0.2) is 14.2 Å². The normalized spacial score (nSPS) is 11.8. The molecule has 3 N–H and O–H groups in total. The number of likely N-dealkylation sites (N-methyl/N-ethyl adjacent to an activating group) is 1. The smallest absolute Gasteiger partial charge is 0.420 e. The van der Waals surface area contributed by atoms with Gasteiger partial charge in [0.15, 0.2) is 0 Å². The Morgan fingerprint density at radius 1 is 1.10 bits per heavy atom. The van der Waals surface area contributed by atoms with Gasteiger partial charge in [0.1, 0.15) is 40.2 Å². The highest BCUT2D eigenvalue weighted by atomic mass is 19.4. The van der Waals surface area contributed by atoms with E-state index in [-0.39, 0.29) is 23.8 Å². The summed E-state index contributed by atoms with van der Waals surface area (Å²) < 4.78 is 65.7. The van der Waals surface area contributed by atoms with Crippen molar-refractivity contribution >= 4 is 23.8 Å². The Morgan fingerprint density at radius 2 is 1.80 bits per heavy atom. The number of halogens is 4. The predicted octanol–water partition coefficient (Wildman–Crippen LogP) is 6.64. The van der Waals surface area contributed by atoms with Crippen LogP contribution >= 0.6 is 0 Å². The van der Waals surface area contributed by atoms with Gasteiger partial charge in [-0.15, -0.1) is 0 Å². The minimum atomic E-state index is -4.77. The summed E-state index contributed by atoms with van der Waals surface area (Å²) >= 11 is 0. The number of hydrogen-bond donors (Lipinski definition) is 2. The van der Waals surface area contributed by atoms with Crippen molar-refractivity contribution in [2.75, 3.05) is 31.3 Å². The molecule has 12 heteroatoms. The number of benzene rings is 2. The van der Waals surface area contributed by atoms with Crippen LogP contribution in [0.25, 0.3) is 0 Å². The highest BCUT2D eigenvalue weighted by Gasteiger charge is 2.35. The molecular weight excluding hydrogens is 530 g/mol. The number of pyridine rings is 1. The monoisotopic (exact) mass is 557 g/mol. The van der Waals surface area contributed by atoms with Crippen LogP contribution in [0.1, 0.15) is 18.1 Å². The first-order valence-electron chi connectivity index (χ1n) is 11.8. The Hall–Kier alpha value is -4.87. The summed E-state index contributed by atoms with van der Waals surface area (Å²) in [5.41, 5.74) is 4.99. The molecule has 0 atom stereocenters. The van der Waals surface area contributed by atoms with Gasteiger partial charge in [0.25, 0.3) is 0 Å². The van der Waals surface area contributed by atoms with Crippen molar-refractivity contribution < 1.29 is 31.8 Å². The van der Waals surface area contributed by atoms with Crippen molar-refractivity contribution in [1.29, 1.82) is 5.41 Å². The maximum absolute atomic E-state index is 13.8. The second-order valence-corrected chi connectivity index (χ2v) is 8.40. The number of hydrogen-bond acceptors (Lipinski definition) is 6. The van der Waals surface area contributed by atoms with E-state index in [1.165, 1.54) is 43.4 Å². The quantitative estimate of drug-likeness (QED) is 0.133. The highest BCUT2D eigenvalue weighted by Crippen LogP contribution is 2.40. The number of alkyl halides is 3. The summed E-state index contributed by atoms with van der Waals surface area (Å²) in [6.45, 7) is 1.84. The molecular formula is C28H27F4N5O3. The van der Waals surface area contributed by atoms with Gasteiger partial charge < -0.3 is 25.5 Å². The second kappa shape index (κ2) is 12.8. The van der Waals surface area contributed by atoms with Crippen molar-refractivity contribution in [3.05, 3.63) is 95.7 Å². The number of nitrogens with zero attached hydrogens (tertiary/aromatic N) is 3. The number of allylic oxidation sites excluding steroid dienone is 2. The molecule has 40 heavy (non-hydrogen) atoms. The molecule has 0 unspecified atom stereocenters. The van der Waals surface area contributed by atoms with Crippen LogP contribution in [0.5, 0.6) is 17.2 Å². The van der Waals surface area contributed by atoms with Gasteiger partial charge in [0.05, 0.1) is 5.56 Å². The Bertz CT molecular complexity index is 1420. The van der Waals surface area contributed by atoms with E-state index < -0.39 is 29.3 Å². The van der Waals surface area contributed by atoms with E-state index in [2.05, 4.69) is 4.98 Å². The fraction of sp³-hybridized carbons (Fsp3) is 0.179. The topological polar surface area (TPSA) is 105 Å². The number of nitrogen functional groups attached to an aromatic ring is 1. The lowest BCUT2D eigenvalue weighted by molar-refractivity contribution is -0.138. The molecule has 0 aliphatic rings. The molecule has 0 spiro atoms. The Balaban J connectivity index is 1.71. The van der Waals surface area contributed by atoms with Crippen molar-refractivity contribution in [3.8, 4) is 17.2 Å². The third-order valence-electron chi connectivity index (χ3n) is 5.61. The molecule has 0 saturated carbocycles. The van der Waals surface area contributed by atoms with Crippen LogP contribution in [0.4, 0.5) is 33.9 Å². The molecule has 210 valence electrons. The average molecular weight is 558 g/mol. The van der Waals surface area contributed by atoms with E-state index in [4.69, 9.17) is 20.6 Å². The zero-order valence-electron chi connectivity index (χ0n) is 21.9. The molecule has 8 nitrogen and oxygen atoms in total. The van der Waals surface area contributed by atoms with Gasteiger partial charge in [0, 0.05) is 38.7 Å². The first-order chi connectivity index (χ1) is 18.9. The minimum absolute atomic E-state index is 0.00784. The zero-order valence-corrected chi connectivity index (χ0v) is 21.9. The predicted molar refractivity (Wildman–Crippen MR) is 144 cm³/mol. The first kappa shape index (κ1) is 29.7. The molecule has 0 aliphatic heterocycles. The number of nitrogens with one attached hydrogen (secondary N) is 1. The van der Waals surface area contributed by atoms with Crippen LogP contribution in [0.3, 0.4) is 0 Å². The first-order valence-corrected chi connectivity index (χ1v) is 11.8. The van der Waals surface area contributed by atoms with Crippen molar-refractivity contribution in [1.82, 2.24) is 9.88 Å². The maximum Gasteiger partial charge on any atom is 0.420 e. The number of ether oxygens (including phenoxy) is 2. The maximum atomic E-state index is 13.8. The fourth-order valence-electron chi connectivity index (χ4n) is 3.46. The summed E-state index contributed by atoms with van der Waals surface area (Å²) in [5, 5.41) is 7.50. The van der Waals surface area contributed by atoms with Gasteiger partial charge in [-0.1, -0.05) is 6.08 Å². The van der Waals surface area contributed by atoms with Crippen molar-refractivity contribution in [3.63, 3.8) is 0 Å². The fourth-order valence-corrected chi connectivity index (χ4v) is 3.46. The molecule has 3 rings (SSSR count). The van der Waals surface area contributed by atoms with Crippen LogP contribution in [0.15, 0.2) is 78.7 Å². The molecule has 2 aromatic carbocycles. The lowest BCUT2D eigenvalue weighted by Crippen LogP contribution is -2.39. The van der Waals surface area contributed by atoms with E-state index in [1.807, 2.05) is 0 Å². The third-order valence-corrected chi connectivity index (χ3v) is 5.61. The van der Waals surface area contributed by atoms with Gasteiger partial charge in [-0.3, -0.25) is 4.90 Å². The summed E-state index contributed by atoms with van der Waals surface area (Å²) in [7, 11) is 2.85. The Kier molecular flexibility index (Phi) is 9.49. The van der Waals surface area contributed by atoms with Crippen molar-refractivity contribution in [2.24, 2.45) is 0 Å². The van der Waals surface area contributed by atoms with Gasteiger partial charge in [-0.05, 0) is 67.6 Å². The largest absolute Gasteiger partial charge is 0.457 e. The average Bonchev–Trinajstić information content (AvgIpc) is 2.92. The van der Waals surface area contributed by atoms with E-state index in [1.54, 1.807) is 31.2 Å². The molecule has 1 aromatic heterocycles. The molecule has 0 bridgehead atoms. The van der Waals surface area contributed by atoms with Gasteiger partial charge >= 0.3 is 12.2 Å². The van der Waals surface area contributed by atoms with Crippen LogP contribution in [-0.4, -0.2) is 42.8 Å². The SMILES string of the molecule is C/C=C(\C=C/CN(C)C(=O)N(C)c1ccc(Oc2ccc(F)cc2)c(C(F)(F)F)c1)Oc1ccnc(N)c1C=N. The molecule has 1 heterocycles. The van der Waals surface area contributed by atoms with Crippen LogP contribution < -0.4 is 20.1 Å². The number of carbonyl (C=O) groups is 1. The van der Waals surface area contributed by atoms with E-state index in [0.29, 0.717) is 17.1 Å². The van der Waals surface area contributed by atoms with Crippen molar-refractivity contribution in [2.45, 2.75) is 13.1 Å². The summed E-state index contributed by atoms with van der Waals surface area (Å²) in [6.07, 6.45) is 2.62. The van der Waals surface area contributed by atoms with E-state index in [0.717, 1.165) is 35.4 Å². The summed E-state index contributed by atoms with van der Waals surface area (Å²) in [4.78, 5) is 19.2. The zero-order chi connectivity index (χ0) is 29.4. The van der Waals surface area contributed by atoms with Crippen LogP contribution in [-0.2, 0) is 6.18 Å². The van der Waals surface area contributed by atoms with Crippen LogP contribution in [0, 0.1) is 11.2 Å². The molecule has 3 aromatic rings. The Morgan fingerprint density at radius 3 is 2.42 bits per heavy atom. The summed E-state index contributed by atoms with van der Waals surface area (Å²) in [5.74, 6) is -0.124. The number of amides is 2. The number of urea groups is 1. The van der Waals surface area contributed by atoms with E-state index in [9.17, 15) is 22.4 Å². The second-order valence-electron chi connectivity index (χ2n) is 8.40. The minimum Gasteiger partial charge on any atom is -0.457 e. The van der Waals surface area contributed by atoms with Gasteiger partial charge in [-0.2, -0.15) is 13.2 Å². The molecule has 0 saturated heterocycles. The molecule has 0 fully saturated rings.